The molecule has 0 heterocycles. The highest BCUT2D eigenvalue weighted by Gasteiger charge is 2.18. The van der Waals surface area contributed by atoms with Gasteiger partial charge in [-0.25, -0.2) is 0 Å². The number of benzene rings is 1. The molecule has 0 amide bonds. The fourth-order valence-electron chi connectivity index (χ4n) is 0.928. The number of hydrogen-bond donors (Lipinski definition) is 0. The molecule has 0 unspecified atom stereocenters. The Morgan fingerprint density at radius 1 is 1.07 bits per heavy atom. The fraction of sp³-hybridized carbons (Fsp3) is 0. The molecule has 0 atom stereocenters. The van der Waals surface area contributed by atoms with Crippen molar-refractivity contribution in [2.24, 2.45) is 0 Å². The molecular formula is C8H2Br2Cl2O2. The van der Waals surface area contributed by atoms with Gasteiger partial charge in [-0.05, 0) is 51.3 Å². The molecule has 1 aromatic rings. The maximum atomic E-state index is 11.0. The van der Waals surface area contributed by atoms with E-state index in [1.807, 2.05) is 0 Å². The summed E-state index contributed by atoms with van der Waals surface area (Å²) >= 11 is 16.9. The lowest BCUT2D eigenvalue weighted by Gasteiger charge is -2.04. The van der Waals surface area contributed by atoms with Crippen LogP contribution in [0.4, 0.5) is 0 Å². The first-order valence-electron chi connectivity index (χ1n) is 3.32. The second-order valence-corrected chi connectivity index (χ2v) is 4.81. The van der Waals surface area contributed by atoms with Crippen LogP contribution in [0.25, 0.3) is 0 Å². The molecule has 0 saturated carbocycles. The summed E-state index contributed by atoms with van der Waals surface area (Å²) in [5.41, 5.74) is 0.155. The summed E-state index contributed by atoms with van der Waals surface area (Å²) in [5, 5.41) is -1.45. The molecule has 0 radical (unpaired) electrons. The minimum absolute atomic E-state index is 0.0768. The van der Waals surface area contributed by atoms with Crippen LogP contribution in [0.15, 0.2) is 21.1 Å². The number of carbonyl (C=O) groups excluding carboxylic acids is 2. The lowest BCUT2D eigenvalue weighted by Crippen LogP contribution is -2.02. The van der Waals surface area contributed by atoms with Crippen molar-refractivity contribution in [2.75, 3.05) is 0 Å². The lowest BCUT2D eigenvalue weighted by molar-refractivity contribution is 0.105. The molecule has 0 bridgehead atoms. The zero-order chi connectivity index (χ0) is 10.9. The summed E-state index contributed by atoms with van der Waals surface area (Å²) in [6, 6.07) is 3.05. The molecule has 0 saturated heterocycles. The predicted octanol–water partition coefficient (Wildman–Crippen LogP) is 3.97. The van der Waals surface area contributed by atoms with Crippen molar-refractivity contribution in [1.29, 1.82) is 0 Å². The van der Waals surface area contributed by atoms with Gasteiger partial charge >= 0.3 is 0 Å². The molecule has 1 rings (SSSR count). The minimum atomic E-state index is -0.728. The normalized spacial score (nSPS) is 10.0. The first-order chi connectivity index (χ1) is 6.43. The number of rotatable bonds is 2. The van der Waals surface area contributed by atoms with E-state index in [2.05, 4.69) is 31.9 Å². The van der Waals surface area contributed by atoms with Crippen LogP contribution in [0, 0.1) is 0 Å². The van der Waals surface area contributed by atoms with Crippen LogP contribution in [-0.4, -0.2) is 10.5 Å². The van der Waals surface area contributed by atoms with Crippen LogP contribution < -0.4 is 0 Å². The van der Waals surface area contributed by atoms with Gasteiger partial charge in [0.25, 0.3) is 10.5 Å². The average molecular weight is 361 g/mol. The predicted molar refractivity (Wildman–Crippen MR) is 62.2 cm³/mol. The van der Waals surface area contributed by atoms with Crippen molar-refractivity contribution in [1.82, 2.24) is 0 Å². The Balaban J connectivity index is 3.52. The molecule has 6 heteroatoms. The van der Waals surface area contributed by atoms with Crippen LogP contribution in [0.2, 0.25) is 0 Å². The van der Waals surface area contributed by atoms with Gasteiger partial charge in [-0.2, -0.15) is 0 Å². The van der Waals surface area contributed by atoms with E-state index in [1.165, 1.54) is 6.07 Å². The summed E-state index contributed by atoms with van der Waals surface area (Å²) in [6.45, 7) is 0. The Hall–Kier alpha value is 0.1000. The van der Waals surface area contributed by atoms with Crippen molar-refractivity contribution >= 4 is 65.5 Å². The van der Waals surface area contributed by atoms with Gasteiger partial charge in [0.15, 0.2) is 0 Å². The number of hydrogen-bond acceptors (Lipinski definition) is 2. The van der Waals surface area contributed by atoms with E-state index in [9.17, 15) is 9.59 Å². The van der Waals surface area contributed by atoms with E-state index < -0.39 is 10.5 Å². The second-order valence-electron chi connectivity index (χ2n) is 2.36. The highest BCUT2D eigenvalue weighted by atomic mass is 79.9. The number of halogens is 4. The third-order valence-corrected chi connectivity index (χ3v) is 2.94. The van der Waals surface area contributed by atoms with Crippen molar-refractivity contribution < 1.29 is 9.59 Å². The van der Waals surface area contributed by atoms with E-state index in [0.717, 1.165) is 0 Å². The van der Waals surface area contributed by atoms with Crippen molar-refractivity contribution in [3.05, 3.63) is 32.2 Å². The van der Waals surface area contributed by atoms with Crippen LogP contribution in [-0.2, 0) is 0 Å². The van der Waals surface area contributed by atoms with E-state index >= 15 is 0 Å². The molecule has 0 aliphatic carbocycles. The summed E-state index contributed by atoms with van der Waals surface area (Å²) in [4.78, 5) is 22.0. The minimum Gasteiger partial charge on any atom is -0.276 e. The van der Waals surface area contributed by atoms with E-state index in [-0.39, 0.29) is 11.1 Å². The number of carbonyl (C=O) groups is 2. The van der Waals surface area contributed by atoms with E-state index in [0.29, 0.717) is 8.95 Å². The summed E-state index contributed by atoms with van der Waals surface area (Å²) in [7, 11) is 0. The molecular weight excluding hydrogens is 359 g/mol. The largest absolute Gasteiger partial charge is 0.276 e. The molecule has 74 valence electrons. The molecule has 0 fully saturated rings. The molecule has 0 N–H and O–H groups in total. The third-order valence-electron chi connectivity index (χ3n) is 1.46. The zero-order valence-electron chi connectivity index (χ0n) is 6.48. The van der Waals surface area contributed by atoms with Gasteiger partial charge in [-0.1, -0.05) is 15.9 Å². The standard InChI is InChI=1S/C8H2Br2Cl2O2/c9-3-1-4(7(11)13)6(8(12)14)5(10)2-3/h1-2H. The van der Waals surface area contributed by atoms with Crippen molar-refractivity contribution in [2.45, 2.75) is 0 Å². The first-order valence-corrected chi connectivity index (χ1v) is 5.66. The highest BCUT2D eigenvalue weighted by Crippen LogP contribution is 2.28. The van der Waals surface area contributed by atoms with Gasteiger partial charge < -0.3 is 0 Å². The molecule has 2 nitrogen and oxygen atoms in total. The summed E-state index contributed by atoms with van der Waals surface area (Å²) in [5.74, 6) is 0. The Labute approximate surface area is 107 Å². The van der Waals surface area contributed by atoms with Gasteiger partial charge in [0.1, 0.15) is 0 Å². The van der Waals surface area contributed by atoms with Crippen LogP contribution in [0.3, 0.4) is 0 Å². The lowest BCUT2D eigenvalue weighted by atomic mass is 10.1. The van der Waals surface area contributed by atoms with Crippen LogP contribution in [0.1, 0.15) is 20.7 Å². The first kappa shape index (κ1) is 12.2. The monoisotopic (exact) mass is 358 g/mol. The van der Waals surface area contributed by atoms with Gasteiger partial charge in [0, 0.05) is 14.5 Å². The molecule has 0 aliphatic heterocycles. The molecule has 1 aromatic carbocycles. The Kier molecular flexibility index (Phi) is 4.13. The van der Waals surface area contributed by atoms with Crippen molar-refractivity contribution in [3.8, 4) is 0 Å². The molecule has 0 aromatic heterocycles. The van der Waals surface area contributed by atoms with Gasteiger partial charge in [-0.15, -0.1) is 0 Å². The zero-order valence-corrected chi connectivity index (χ0v) is 11.2. The second kappa shape index (κ2) is 4.75. The molecule has 0 aliphatic rings. The molecule has 0 spiro atoms. The molecule has 14 heavy (non-hydrogen) atoms. The Bertz CT molecular complexity index is 418. The van der Waals surface area contributed by atoms with Gasteiger partial charge in [0.2, 0.25) is 0 Å². The van der Waals surface area contributed by atoms with Gasteiger partial charge in [-0.3, -0.25) is 9.59 Å². The van der Waals surface area contributed by atoms with Crippen molar-refractivity contribution in [3.63, 3.8) is 0 Å². The summed E-state index contributed by atoms with van der Waals surface area (Å²) in [6.07, 6.45) is 0. The van der Waals surface area contributed by atoms with Crippen LogP contribution in [0.5, 0.6) is 0 Å². The third kappa shape index (κ3) is 2.57. The van der Waals surface area contributed by atoms with Crippen LogP contribution >= 0.6 is 55.1 Å². The summed E-state index contributed by atoms with van der Waals surface area (Å²) < 4.78 is 1.06. The quantitative estimate of drug-likeness (QED) is 0.748. The Morgan fingerprint density at radius 3 is 2.07 bits per heavy atom. The maximum Gasteiger partial charge on any atom is 0.254 e. The SMILES string of the molecule is O=C(Cl)c1cc(Br)cc(Br)c1C(=O)Cl. The maximum absolute atomic E-state index is 11.0. The Morgan fingerprint density at radius 2 is 1.64 bits per heavy atom. The van der Waals surface area contributed by atoms with Gasteiger partial charge in [0.05, 0.1) is 5.56 Å². The fourth-order valence-corrected chi connectivity index (χ4v) is 2.80. The highest BCUT2D eigenvalue weighted by molar-refractivity contribution is 9.11. The average Bonchev–Trinajstić information content (AvgIpc) is 2.01. The smallest absolute Gasteiger partial charge is 0.254 e. The van der Waals surface area contributed by atoms with E-state index in [4.69, 9.17) is 23.2 Å². The van der Waals surface area contributed by atoms with E-state index in [1.54, 1.807) is 6.07 Å². The topological polar surface area (TPSA) is 34.1 Å².